The lowest BCUT2D eigenvalue weighted by Gasteiger charge is -2.18. The summed E-state index contributed by atoms with van der Waals surface area (Å²) in [6, 6.07) is 9.88. The van der Waals surface area contributed by atoms with Crippen molar-refractivity contribution in [3.63, 3.8) is 0 Å². The second-order valence-corrected chi connectivity index (χ2v) is 12.7. The van der Waals surface area contributed by atoms with Crippen molar-refractivity contribution < 1.29 is 29.4 Å². The number of hydrogen-bond acceptors (Lipinski definition) is 6. The van der Waals surface area contributed by atoms with E-state index in [1.54, 1.807) is 30.3 Å². The number of benzene rings is 2. The van der Waals surface area contributed by atoms with E-state index in [1.165, 1.54) is 0 Å². The third-order valence-electron chi connectivity index (χ3n) is 8.61. The fourth-order valence-electron chi connectivity index (χ4n) is 5.61. The van der Waals surface area contributed by atoms with Gasteiger partial charge in [0.15, 0.2) is 0 Å². The average Bonchev–Trinajstić information content (AvgIpc) is 3.07. The molecule has 0 radical (unpaired) electrons. The summed E-state index contributed by atoms with van der Waals surface area (Å²) in [5, 5.41) is 20.8. The number of rotatable bonds is 22. The highest BCUT2D eigenvalue weighted by atomic mass is 16.3. The Balaban J connectivity index is 1.89. The maximum atomic E-state index is 13.1. The summed E-state index contributed by atoms with van der Waals surface area (Å²) in [5.74, 6) is -3.03. The molecule has 2 aromatic rings. The number of phenolic OH excluding ortho intramolecular Hbond substituents is 2. The highest BCUT2D eigenvalue weighted by Gasteiger charge is 2.22. The van der Waals surface area contributed by atoms with Crippen molar-refractivity contribution in [2.75, 3.05) is 0 Å². The molecule has 10 heteroatoms. The van der Waals surface area contributed by atoms with Gasteiger partial charge in [-0.15, -0.1) is 0 Å². The fourth-order valence-corrected chi connectivity index (χ4v) is 5.61. The van der Waals surface area contributed by atoms with Crippen LogP contribution in [0.2, 0.25) is 0 Å². The van der Waals surface area contributed by atoms with Gasteiger partial charge in [0, 0.05) is 12.3 Å². The van der Waals surface area contributed by atoms with Crippen LogP contribution in [0.4, 0.5) is 0 Å². The number of amides is 4. The van der Waals surface area contributed by atoms with Crippen LogP contribution in [0.25, 0.3) is 0 Å². The predicted molar refractivity (Wildman–Crippen MR) is 189 cm³/mol. The number of phenols is 2. The summed E-state index contributed by atoms with van der Waals surface area (Å²) in [6.07, 6.45) is 16.2. The number of nitrogens with one attached hydrogen (secondary N) is 4. The summed E-state index contributed by atoms with van der Waals surface area (Å²) in [4.78, 5) is 51.1. The molecule has 0 aromatic heterocycles. The topological polar surface area (TPSA) is 157 Å². The molecule has 10 nitrogen and oxygen atoms in total. The van der Waals surface area contributed by atoms with Crippen molar-refractivity contribution in [3.05, 3.63) is 58.7 Å². The van der Waals surface area contributed by atoms with Crippen molar-refractivity contribution in [1.29, 1.82) is 0 Å². The Hall–Kier alpha value is -4.08. The third kappa shape index (κ3) is 15.2. The Bertz CT molecular complexity index is 1300. The molecule has 4 amide bonds. The van der Waals surface area contributed by atoms with E-state index in [2.05, 4.69) is 42.5 Å². The number of hydrogen-bond donors (Lipinski definition) is 6. The number of aromatic hydroxyl groups is 2. The molecule has 266 valence electrons. The van der Waals surface area contributed by atoms with Gasteiger partial charge in [0.2, 0.25) is 11.8 Å². The van der Waals surface area contributed by atoms with Crippen LogP contribution in [-0.4, -0.2) is 33.8 Å². The number of unbranched alkanes of at least 4 members (excludes halogenated alkanes) is 10. The first kappa shape index (κ1) is 40.1. The van der Waals surface area contributed by atoms with Gasteiger partial charge in [0.25, 0.3) is 11.8 Å². The Morgan fingerprint density at radius 3 is 1.50 bits per heavy atom. The van der Waals surface area contributed by atoms with Gasteiger partial charge in [-0.1, -0.05) is 104 Å². The van der Waals surface area contributed by atoms with E-state index in [0.29, 0.717) is 6.42 Å². The fraction of sp³-hybridized carbons (Fsp3) is 0.579. The second-order valence-electron chi connectivity index (χ2n) is 12.7. The minimum Gasteiger partial charge on any atom is -0.507 e. The molecule has 0 saturated heterocycles. The van der Waals surface area contributed by atoms with Crippen LogP contribution in [0, 0.1) is 5.92 Å². The second kappa shape index (κ2) is 23.3. The molecule has 2 rings (SSSR count). The summed E-state index contributed by atoms with van der Waals surface area (Å²) in [7, 11) is 0. The lowest BCUT2D eigenvalue weighted by atomic mass is 9.95. The van der Waals surface area contributed by atoms with Gasteiger partial charge in [0.05, 0.1) is 11.1 Å². The Labute approximate surface area is 286 Å². The normalized spacial score (nSPS) is 11.5. The molecule has 1 atom stereocenters. The summed E-state index contributed by atoms with van der Waals surface area (Å²) in [5.41, 5.74) is 11.6. The van der Waals surface area contributed by atoms with E-state index in [4.69, 9.17) is 0 Å². The first-order valence-electron chi connectivity index (χ1n) is 18.0. The third-order valence-corrected chi connectivity index (χ3v) is 8.61. The van der Waals surface area contributed by atoms with Gasteiger partial charge >= 0.3 is 0 Å². The first-order chi connectivity index (χ1) is 23.2. The maximum absolute atomic E-state index is 13.1. The van der Waals surface area contributed by atoms with Crippen LogP contribution in [0.15, 0.2) is 36.4 Å². The minimum absolute atomic E-state index is 0.0372. The van der Waals surface area contributed by atoms with Crippen LogP contribution in [0.5, 0.6) is 11.5 Å². The quantitative estimate of drug-likeness (QED) is 0.0571. The van der Waals surface area contributed by atoms with Gasteiger partial charge in [-0.25, -0.2) is 0 Å². The Morgan fingerprint density at radius 2 is 1.02 bits per heavy atom. The number of hydrazine groups is 2. The molecule has 1 unspecified atom stereocenters. The van der Waals surface area contributed by atoms with Crippen molar-refractivity contribution in [2.45, 2.75) is 136 Å². The summed E-state index contributed by atoms with van der Waals surface area (Å²) >= 11 is 0. The van der Waals surface area contributed by atoms with E-state index in [0.717, 1.165) is 107 Å². The minimum atomic E-state index is -0.640. The Kier molecular flexibility index (Phi) is 19.4. The maximum Gasteiger partial charge on any atom is 0.273 e. The molecular formula is C38H58N4O6. The largest absolute Gasteiger partial charge is 0.507 e. The highest BCUT2D eigenvalue weighted by molar-refractivity contribution is 5.98. The lowest BCUT2D eigenvalue weighted by Crippen LogP contribution is -2.45. The molecule has 0 aliphatic carbocycles. The highest BCUT2D eigenvalue weighted by Crippen LogP contribution is 2.22. The van der Waals surface area contributed by atoms with E-state index in [1.807, 2.05) is 6.07 Å². The molecule has 0 bridgehead atoms. The van der Waals surface area contributed by atoms with Crippen molar-refractivity contribution in [3.8, 4) is 11.5 Å². The van der Waals surface area contributed by atoms with Gasteiger partial charge in [-0.2, -0.15) is 0 Å². The molecule has 0 saturated carbocycles. The number of carbonyl (C=O) groups is 4. The summed E-state index contributed by atoms with van der Waals surface area (Å²) in [6.45, 7) is 6.42. The summed E-state index contributed by atoms with van der Waals surface area (Å²) < 4.78 is 0. The molecule has 48 heavy (non-hydrogen) atoms. The Morgan fingerprint density at radius 1 is 0.562 bits per heavy atom. The van der Waals surface area contributed by atoms with E-state index in [-0.39, 0.29) is 35.5 Å². The van der Waals surface area contributed by atoms with Crippen LogP contribution < -0.4 is 21.7 Å². The van der Waals surface area contributed by atoms with Crippen molar-refractivity contribution >= 4 is 23.6 Å². The molecule has 0 aliphatic rings. The average molecular weight is 667 g/mol. The van der Waals surface area contributed by atoms with Gasteiger partial charge in [-0.05, 0) is 73.9 Å². The molecule has 0 aliphatic heterocycles. The molecule has 0 fully saturated rings. The van der Waals surface area contributed by atoms with Crippen molar-refractivity contribution in [1.82, 2.24) is 21.7 Å². The molecule has 2 aromatic carbocycles. The molecule has 0 spiro atoms. The molecule has 0 heterocycles. The van der Waals surface area contributed by atoms with Gasteiger partial charge < -0.3 is 10.2 Å². The molecule has 6 N–H and O–H groups in total. The lowest BCUT2D eigenvalue weighted by molar-refractivity contribution is -0.127. The van der Waals surface area contributed by atoms with E-state index < -0.39 is 29.5 Å². The zero-order chi connectivity index (χ0) is 35.1. The van der Waals surface area contributed by atoms with Crippen LogP contribution >= 0.6 is 0 Å². The van der Waals surface area contributed by atoms with Crippen LogP contribution in [0.1, 0.15) is 155 Å². The van der Waals surface area contributed by atoms with Crippen LogP contribution in [0.3, 0.4) is 0 Å². The number of aryl methyl sites for hydroxylation is 2. The number of carbonyl (C=O) groups excluding carboxylic acids is 4. The van der Waals surface area contributed by atoms with Crippen LogP contribution in [-0.2, 0) is 22.4 Å². The molecular weight excluding hydrogens is 608 g/mol. The SMILES string of the molecule is CCCCCCCC(CCC(=O)NNC(=O)c1ccc(CCCCCC)cc1O)C(=O)NNC(=O)c1ccc(CCCCCC)cc1O. The standard InChI is InChI=1S/C38H58N4O6/c1-4-7-10-13-16-19-30(36(46)40-42-38(48)32-24-21-29(27-34(32)44)18-15-12-9-6-3)22-25-35(45)39-41-37(47)31-23-20-28(26-33(31)43)17-14-11-8-5-2/h20-21,23-24,26-27,30,43-44H,4-19,22,25H2,1-3H3,(H,39,45)(H,40,46)(H,41,47)(H,42,48). The van der Waals surface area contributed by atoms with Gasteiger partial charge in [0.1, 0.15) is 11.5 Å². The van der Waals surface area contributed by atoms with Gasteiger partial charge in [-0.3, -0.25) is 40.9 Å². The smallest absolute Gasteiger partial charge is 0.273 e. The van der Waals surface area contributed by atoms with Crippen molar-refractivity contribution in [2.24, 2.45) is 5.92 Å². The monoisotopic (exact) mass is 666 g/mol. The van der Waals surface area contributed by atoms with E-state index in [9.17, 15) is 29.4 Å². The van der Waals surface area contributed by atoms with E-state index >= 15 is 0 Å². The zero-order valence-electron chi connectivity index (χ0n) is 29.3. The first-order valence-corrected chi connectivity index (χ1v) is 18.0. The zero-order valence-corrected chi connectivity index (χ0v) is 29.3. The predicted octanol–water partition coefficient (Wildman–Crippen LogP) is 7.32.